The van der Waals surface area contributed by atoms with Gasteiger partial charge in [-0.1, -0.05) is 0 Å². The molecule has 1 aromatic carbocycles. The fourth-order valence-corrected chi connectivity index (χ4v) is 4.09. The van der Waals surface area contributed by atoms with Gasteiger partial charge in [-0.25, -0.2) is 0 Å². The highest BCUT2D eigenvalue weighted by Crippen LogP contribution is 2.42. The zero-order valence-corrected chi connectivity index (χ0v) is 16.7. The summed E-state index contributed by atoms with van der Waals surface area (Å²) in [4.78, 5) is 38.9. The van der Waals surface area contributed by atoms with Gasteiger partial charge in [0.2, 0.25) is 0 Å². The van der Waals surface area contributed by atoms with Crippen LogP contribution in [-0.4, -0.2) is 49.0 Å². The van der Waals surface area contributed by atoms with Crippen LogP contribution >= 0.6 is 11.3 Å². The predicted octanol–water partition coefficient (Wildman–Crippen LogP) is 3.25. The zero-order valence-electron chi connectivity index (χ0n) is 15.9. The molecule has 7 nitrogen and oxygen atoms in total. The van der Waals surface area contributed by atoms with Crippen LogP contribution in [0.15, 0.2) is 12.1 Å². The van der Waals surface area contributed by atoms with Gasteiger partial charge in [0.05, 0.1) is 26.2 Å². The van der Waals surface area contributed by atoms with Gasteiger partial charge in [-0.05, 0) is 26.8 Å². The monoisotopic (exact) mass is 391 g/mol. The summed E-state index contributed by atoms with van der Waals surface area (Å²) in [6, 6.07) is 3.45. The van der Waals surface area contributed by atoms with Crippen molar-refractivity contribution in [3.05, 3.63) is 22.6 Å². The topological polar surface area (TPSA) is 82.1 Å². The number of hydrogen-bond acceptors (Lipinski definition) is 7. The fourth-order valence-electron chi connectivity index (χ4n) is 2.93. The van der Waals surface area contributed by atoms with E-state index in [0.29, 0.717) is 27.3 Å². The Morgan fingerprint density at radius 3 is 2.30 bits per heavy atom. The number of nitrogens with zero attached hydrogens (tertiary/aromatic N) is 1. The van der Waals surface area contributed by atoms with Crippen molar-refractivity contribution in [3.63, 3.8) is 0 Å². The molecule has 1 aliphatic heterocycles. The molecule has 0 atom stereocenters. The first kappa shape index (κ1) is 19.2. The van der Waals surface area contributed by atoms with Crippen molar-refractivity contribution in [1.29, 1.82) is 0 Å². The number of hydrogen-bond donors (Lipinski definition) is 0. The van der Waals surface area contributed by atoms with Crippen molar-refractivity contribution >= 4 is 39.2 Å². The number of carbonyl (C=O) groups excluding carboxylic acids is 3. The van der Waals surface area contributed by atoms with Gasteiger partial charge in [0.15, 0.2) is 11.5 Å². The summed E-state index contributed by atoms with van der Waals surface area (Å²) in [6.07, 6.45) is -0.0429. The Hall–Kier alpha value is -2.61. The smallest absolute Gasteiger partial charge is 0.308 e. The van der Waals surface area contributed by atoms with E-state index >= 15 is 0 Å². The lowest BCUT2D eigenvalue weighted by molar-refractivity contribution is -0.154. The molecular weight excluding hydrogens is 370 g/mol. The van der Waals surface area contributed by atoms with Crippen LogP contribution in [-0.2, 0) is 9.53 Å². The molecule has 1 aliphatic rings. The molecule has 0 fully saturated rings. The first-order valence-electron chi connectivity index (χ1n) is 8.43. The minimum Gasteiger partial charge on any atom is -0.493 e. The van der Waals surface area contributed by atoms with Gasteiger partial charge < -0.3 is 14.2 Å². The quantitative estimate of drug-likeness (QED) is 0.575. The number of ether oxygens (including phenoxy) is 3. The average molecular weight is 391 g/mol. The van der Waals surface area contributed by atoms with E-state index in [-0.39, 0.29) is 13.0 Å². The molecule has 2 heterocycles. The minimum absolute atomic E-state index is 0.0111. The molecule has 3 rings (SSSR count). The van der Waals surface area contributed by atoms with E-state index in [4.69, 9.17) is 14.2 Å². The van der Waals surface area contributed by atoms with E-state index in [2.05, 4.69) is 0 Å². The van der Waals surface area contributed by atoms with Crippen molar-refractivity contribution < 1.29 is 28.6 Å². The Labute approximate surface area is 160 Å². The molecule has 8 heteroatoms. The Balaban J connectivity index is 1.87. The van der Waals surface area contributed by atoms with Gasteiger partial charge in [-0.3, -0.25) is 19.3 Å². The number of esters is 1. The second kappa shape index (κ2) is 6.84. The normalized spacial score (nSPS) is 13.9. The Kier molecular flexibility index (Phi) is 4.86. The maximum Gasteiger partial charge on any atom is 0.308 e. The number of amides is 2. The van der Waals surface area contributed by atoms with Crippen LogP contribution in [0.1, 0.15) is 47.2 Å². The van der Waals surface area contributed by atoms with Crippen LogP contribution in [0.4, 0.5) is 0 Å². The maximum atomic E-state index is 12.8. The summed E-state index contributed by atoms with van der Waals surface area (Å²) >= 11 is 1.23. The number of benzene rings is 1. The lowest BCUT2D eigenvalue weighted by Crippen LogP contribution is -2.33. The highest BCUT2D eigenvalue weighted by molar-refractivity contribution is 7.21. The first-order valence-corrected chi connectivity index (χ1v) is 9.24. The second-order valence-corrected chi connectivity index (χ2v) is 8.16. The number of carbonyl (C=O) groups is 3. The lowest BCUT2D eigenvalue weighted by atomic mass is 10.1. The number of thiophene rings is 1. The molecule has 0 aliphatic carbocycles. The molecule has 0 saturated heterocycles. The van der Waals surface area contributed by atoms with Gasteiger partial charge in [0, 0.05) is 22.7 Å². The number of imide groups is 1. The van der Waals surface area contributed by atoms with Crippen LogP contribution in [0.25, 0.3) is 10.1 Å². The maximum absolute atomic E-state index is 12.8. The molecule has 2 aromatic rings. The molecule has 27 heavy (non-hydrogen) atoms. The SMILES string of the molecule is COc1cc2sc3c(c2cc1OC)C(=O)N(CCC(=O)OC(C)(C)C)C3=O. The third-order valence-corrected chi connectivity index (χ3v) is 5.19. The summed E-state index contributed by atoms with van der Waals surface area (Å²) in [5.41, 5.74) is -0.259. The predicted molar refractivity (Wildman–Crippen MR) is 101 cm³/mol. The standard InChI is InChI=1S/C19H21NO6S/c1-19(2,3)26-14(21)6-7-20-17(22)15-10-8-11(24-4)12(25-5)9-13(10)27-16(15)18(20)23/h8-9H,6-7H2,1-5H3. The molecule has 0 bridgehead atoms. The van der Waals surface area contributed by atoms with Crippen molar-refractivity contribution in [3.8, 4) is 11.5 Å². The van der Waals surface area contributed by atoms with Crippen LogP contribution in [0.2, 0.25) is 0 Å². The molecule has 1 aromatic heterocycles. The molecule has 0 spiro atoms. The largest absolute Gasteiger partial charge is 0.493 e. The number of fused-ring (bicyclic) bond motifs is 3. The molecule has 0 N–H and O–H groups in total. The van der Waals surface area contributed by atoms with E-state index in [0.717, 1.165) is 9.60 Å². The summed E-state index contributed by atoms with van der Waals surface area (Å²) in [6.45, 7) is 5.29. The van der Waals surface area contributed by atoms with E-state index in [1.165, 1.54) is 25.6 Å². The van der Waals surface area contributed by atoms with Crippen molar-refractivity contribution in [2.45, 2.75) is 32.8 Å². The summed E-state index contributed by atoms with van der Waals surface area (Å²) in [7, 11) is 3.04. The van der Waals surface area contributed by atoms with Crippen molar-refractivity contribution in [2.75, 3.05) is 20.8 Å². The van der Waals surface area contributed by atoms with Crippen LogP contribution < -0.4 is 9.47 Å². The zero-order chi connectivity index (χ0) is 19.9. The molecule has 144 valence electrons. The first-order chi connectivity index (χ1) is 12.7. The van der Waals surface area contributed by atoms with Gasteiger partial charge >= 0.3 is 5.97 Å². The highest BCUT2D eigenvalue weighted by atomic mass is 32.1. The fraction of sp³-hybridized carbons (Fsp3) is 0.421. The Bertz CT molecular complexity index is 940. The third kappa shape index (κ3) is 3.49. The lowest BCUT2D eigenvalue weighted by Gasteiger charge is -2.20. The van der Waals surface area contributed by atoms with E-state index in [9.17, 15) is 14.4 Å². The Morgan fingerprint density at radius 1 is 1.07 bits per heavy atom. The van der Waals surface area contributed by atoms with E-state index in [1.807, 2.05) is 0 Å². The van der Waals surface area contributed by atoms with Gasteiger partial charge in [-0.2, -0.15) is 0 Å². The minimum atomic E-state index is -0.611. The molecular formula is C19H21NO6S. The third-order valence-electron chi connectivity index (χ3n) is 4.05. The Morgan fingerprint density at radius 2 is 1.70 bits per heavy atom. The highest BCUT2D eigenvalue weighted by Gasteiger charge is 2.39. The van der Waals surface area contributed by atoms with Crippen LogP contribution in [0.5, 0.6) is 11.5 Å². The average Bonchev–Trinajstić information content (AvgIpc) is 3.06. The van der Waals surface area contributed by atoms with Gasteiger partial charge in [0.1, 0.15) is 10.5 Å². The van der Waals surface area contributed by atoms with E-state index in [1.54, 1.807) is 32.9 Å². The second-order valence-electron chi connectivity index (χ2n) is 7.11. The molecule has 0 unspecified atom stereocenters. The van der Waals surface area contributed by atoms with Crippen LogP contribution in [0, 0.1) is 0 Å². The van der Waals surface area contributed by atoms with Crippen molar-refractivity contribution in [2.24, 2.45) is 0 Å². The summed E-state index contributed by atoms with van der Waals surface area (Å²) in [5, 5.41) is 0.644. The van der Waals surface area contributed by atoms with Gasteiger partial charge in [0.25, 0.3) is 11.8 Å². The molecule has 2 amide bonds. The molecule has 0 radical (unpaired) electrons. The van der Waals surface area contributed by atoms with Crippen molar-refractivity contribution in [1.82, 2.24) is 4.90 Å². The summed E-state index contributed by atoms with van der Waals surface area (Å²) < 4.78 is 16.6. The number of methoxy groups -OCH3 is 2. The number of rotatable bonds is 5. The summed E-state index contributed by atoms with van der Waals surface area (Å²) in [5.74, 6) is -0.228. The van der Waals surface area contributed by atoms with Gasteiger partial charge in [-0.15, -0.1) is 11.3 Å². The molecule has 0 saturated carbocycles. The van der Waals surface area contributed by atoms with E-state index < -0.39 is 23.4 Å². The van der Waals surface area contributed by atoms with Crippen LogP contribution in [0.3, 0.4) is 0 Å².